The zero-order valence-electron chi connectivity index (χ0n) is 15.3. The zero-order valence-corrected chi connectivity index (χ0v) is 15.3. The highest BCUT2D eigenvalue weighted by Gasteiger charge is 2.21. The second-order valence-corrected chi connectivity index (χ2v) is 7.07. The second kappa shape index (κ2) is 7.05. The van der Waals surface area contributed by atoms with E-state index in [0.717, 1.165) is 55.2 Å². The molecule has 1 aromatic carbocycles. The summed E-state index contributed by atoms with van der Waals surface area (Å²) < 4.78 is 3.93. The molecule has 0 saturated carbocycles. The molecule has 3 aromatic rings. The molecule has 3 heterocycles. The van der Waals surface area contributed by atoms with Gasteiger partial charge >= 0.3 is 0 Å². The van der Waals surface area contributed by atoms with E-state index in [-0.39, 0.29) is 0 Å². The maximum Gasteiger partial charge on any atom is 0.123 e. The van der Waals surface area contributed by atoms with Crippen molar-refractivity contribution in [2.24, 2.45) is 7.05 Å². The van der Waals surface area contributed by atoms with Crippen molar-refractivity contribution in [2.75, 3.05) is 6.54 Å². The molecule has 136 valence electrons. The molecule has 1 aliphatic rings. The van der Waals surface area contributed by atoms with Gasteiger partial charge in [0, 0.05) is 45.0 Å². The van der Waals surface area contributed by atoms with Crippen LogP contribution in [0.15, 0.2) is 42.6 Å². The Kier molecular flexibility index (Phi) is 4.61. The van der Waals surface area contributed by atoms with E-state index in [1.807, 2.05) is 48.1 Å². The number of aryl methyl sites for hydroxylation is 3. The van der Waals surface area contributed by atoms with Crippen LogP contribution in [0.1, 0.15) is 40.7 Å². The SMILES string of the molecule is Cc1nn(C)cc1CN1CCCn2nc(C(O)c3ccccc3)cc2C1. The van der Waals surface area contributed by atoms with Crippen LogP contribution in [0.2, 0.25) is 0 Å². The summed E-state index contributed by atoms with van der Waals surface area (Å²) in [6.45, 7) is 5.71. The van der Waals surface area contributed by atoms with Gasteiger partial charge in [-0.25, -0.2) is 0 Å². The van der Waals surface area contributed by atoms with Crippen LogP contribution in [0.5, 0.6) is 0 Å². The fourth-order valence-electron chi connectivity index (χ4n) is 3.67. The standard InChI is InChI=1S/C20H25N5O/c1-15-17(12-23(2)21-15)13-24-9-6-10-25-18(14-24)11-19(22-25)20(26)16-7-4-3-5-8-16/h3-5,7-8,11-12,20,26H,6,9-10,13-14H2,1-2H3. The predicted molar refractivity (Wildman–Crippen MR) is 99.4 cm³/mol. The van der Waals surface area contributed by atoms with Crippen molar-refractivity contribution in [3.63, 3.8) is 0 Å². The Hall–Kier alpha value is -2.44. The lowest BCUT2D eigenvalue weighted by atomic mass is 10.1. The summed E-state index contributed by atoms with van der Waals surface area (Å²) in [4.78, 5) is 2.43. The van der Waals surface area contributed by atoms with Gasteiger partial charge in [0.05, 0.1) is 17.1 Å². The maximum atomic E-state index is 10.7. The summed E-state index contributed by atoms with van der Waals surface area (Å²) in [6.07, 6.45) is 2.47. The second-order valence-electron chi connectivity index (χ2n) is 7.07. The zero-order chi connectivity index (χ0) is 18.1. The van der Waals surface area contributed by atoms with Gasteiger partial charge in [-0.3, -0.25) is 14.3 Å². The molecule has 6 heteroatoms. The van der Waals surface area contributed by atoms with E-state index in [9.17, 15) is 5.11 Å². The molecule has 0 spiro atoms. The van der Waals surface area contributed by atoms with Crippen LogP contribution in [0, 0.1) is 6.92 Å². The van der Waals surface area contributed by atoms with E-state index in [4.69, 9.17) is 0 Å². The summed E-state index contributed by atoms with van der Waals surface area (Å²) in [5, 5.41) is 19.8. The Morgan fingerprint density at radius 2 is 1.96 bits per heavy atom. The highest BCUT2D eigenvalue weighted by molar-refractivity contribution is 5.27. The Morgan fingerprint density at radius 1 is 1.15 bits per heavy atom. The molecule has 0 bridgehead atoms. The molecule has 1 unspecified atom stereocenters. The van der Waals surface area contributed by atoms with Crippen molar-refractivity contribution in [3.8, 4) is 0 Å². The molecule has 1 atom stereocenters. The third kappa shape index (κ3) is 3.43. The first-order chi connectivity index (χ1) is 12.6. The molecule has 0 aliphatic carbocycles. The number of aromatic nitrogens is 4. The van der Waals surface area contributed by atoms with Gasteiger partial charge < -0.3 is 5.11 Å². The summed E-state index contributed by atoms with van der Waals surface area (Å²) in [5.74, 6) is 0. The third-order valence-corrected chi connectivity index (χ3v) is 5.02. The number of benzene rings is 1. The minimum atomic E-state index is -0.676. The lowest BCUT2D eigenvalue weighted by molar-refractivity contribution is 0.213. The quantitative estimate of drug-likeness (QED) is 0.784. The molecule has 2 aromatic heterocycles. The van der Waals surface area contributed by atoms with Crippen LogP contribution < -0.4 is 0 Å². The summed E-state index contributed by atoms with van der Waals surface area (Å²) >= 11 is 0. The summed E-state index contributed by atoms with van der Waals surface area (Å²) in [7, 11) is 1.96. The van der Waals surface area contributed by atoms with Crippen LogP contribution in [0.4, 0.5) is 0 Å². The molecule has 1 aliphatic heterocycles. The van der Waals surface area contributed by atoms with Crippen molar-refractivity contribution in [1.29, 1.82) is 0 Å². The minimum absolute atomic E-state index is 0.676. The van der Waals surface area contributed by atoms with E-state index in [1.165, 1.54) is 5.56 Å². The van der Waals surface area contributed by atoms with Crippen molar-refractivity contribution in [3.05, 3.63) is 70.8 Å². The van der Waals surface area contributed by atoms with E-state index < -0.39 is 6.10 Å². The molecule has 6 nitrogen and oxygen atoms in total. The lowest BCUT2D eigenvalue weighted by Crippen LogP contribution is -2.23. The molecule has 1 N–H and O–H groups in total. The molecule has 26 heavy (non-hydrogen) atoms. The highest BCUT2D eigenvalue weighted by Crippen LogP contribution is 2.24. The van der Waals surface area contributed by atoms with Crippen LogP contribution in [-0.4, -0.2) is 36.1 Å². The van der Waals surface area contributed by atoms with E-state index in [0.29, 0.717) is 0 Å². The fourth-order valence-corrected chi connectivity index (χ4v) is 3.67. The van der Waals surface area contributed by atoms with Crippen LogP contribution >= 0.6 is 0 Å². The van der Waals surface area contributed by atoms with Crippen molar-refractivity contribution >= 4 is 0 Å². The van der Waals surface area contributed by atoms with Gasteiger partial charge in [0.1, 0.15) is 6.10 Å². The Balaban J connectivity index is 1.53. The fraction of sp³-hybridized carbons (Fsp3) is 0.400. The highest BCUT2D eigenvalue weighted by atomic mass is 16.3. The van der Waals surface area contributed by atoms with E-state index >= 15 is 0 Å². The first-order valence-corrected chi connectivity index (χ1v) is 9.11. The van der Waals surface area contributed by atoms with E-state index in [1.54, 1.807) is 0 Å². The number of fused-ring (bicyclic) bond motifs is 1. The van der Waals surface area contributed by atoms with E-state index in [2.05, 4.69) is 32.9 Å². The van der Waals surface area contributed by atoms with Crippen molar-refractivity contribution < 1.29 is 5.11 Å². The molecule has 4 rings (SSSR count). The lowest BCUT2D eigenvalue weighted by Gasteiger charge is -2.18. The summed E-state index contributed by atoms with van der Waals surface area (Å²) in [5.41, 5.74) is 5.12. The Morgan fingerprint density at radius 3 is 2.69 bits per heavy atom. The van der Waals surface area contributed by atoms with Gasteiger partial charge in [0.15, 0.2) is 0 Å². The molecule has 0 radical (unpaired) electrons. The van der Waals surface area contributed by atoms with Crippen LogP contribution in [0.3, 0.4) is 0 Å². The molecular weight excluding hydrogens is 326 g/mol. The minimum Gasteiger partial charge on any atom is -0.382 e. The number of aliphatic hydroxyl groups excluding tert-OH is 1. The van der Waals surface area contributed by atoms with Crippen LogP contribution in [-0.2, 0) is 26.7 Å². The van der Waals surface area contributed by atoms with Gasteiger partial charge in [0.2, 0.25) is 0 Å². The number of hydrogen-bond acceptors (Lipinski definition) is 4. The average Bonchev–Trinajstić information content (AvgIpc) is 3.11. The van der Waals surface area contributed by atoms with Crippen molar-refractivity contribution in [2.45, 2.75) is 39.1 Å². The number of rotatable bonds is 4. The normalized spacial score (nSPS) is 16.3. The average molecular weight is 351 g/mol. The topological polar surface area (TPSA) is 59.1 Å². The molecule has 0 fully saturated rings. The predicted octanol–water partition coefficient (Wildman–Crippen LogP) is 2.41. The largest absolute Gasteiger partial charge is 0.382 e. The monoisotopic (exact) mass is 351 g/mol. The molecule has 0 saturated heterocycles. The molecule has 0 amide bonds. The Labute approximate surface area is 153 Å². The van der Waals surface area contributed by atoms with Gasteiger partial charge in [-0.2, -0.15) is 10.2 Å². The number of hydrogen-bond donors (Lipinski definition) is 1. The summed E-state index contributed by atoms with van der Waals surface area (Å²) in [6, 6.07) is 11.8. The maximum absolute atomic E-state index is 10.7. The van der Waals surface area contributed by atoms with Crippen LogP contribution in [0.25, 0.3) is 0 Å². The number of aliphatic hydroxyl groups is 1. The third-order valence-electron chi connectivity index (χ3n) is 5.02. The van der Waals surface area contributed by atoms with Gasteiger partial charge in [0.25, 0.3) is 0 Å². The molecular formula is C20H25N5O. The smallest absolute Gasteiger partial charge is 0.123 e. The number of nitrogens with zero attached hydrogens (tertiary/aromatic N) is 5. The first kappa shape index (κ1) is 17.0. The van der Waals surface area contributed by atoms with Crippen molar-refractivity contribution in [1.82, 2.24) is 24.5 Å². The van der Waals surface area contributed by atoms with Gasteiger partial charge in [-0.15, -0.1) is 0 Å². The van der Waals surface area contributed by atoms with Gasteiger partial charge in [-0.1, -0.05) is 30.3 Å². The Bertz CT molecular complexity index is 883. The first-order valence-electron chi connectivity index (χ1n) is 9.11. The van der Waals surface area contributed by atoms with Gasteiger partial charge in [-0.05, 0) is 25.0 Å².